The number of benzene rings is 1. The highest BCUT2D eigenvalue weighted by molar-refractivity contribution is 7.99. The number of carbonyl (C=O) groups is 1. The van der Waals surface area contributed by atoms with Crippen LogP contribution in [-0.4, -0.2) is 73.3 Å². The molecule has 1 aliphatic carbocycles. The van der Waals surface area contributed by atoms with Crippen molar-refractivity contribution in [2.24, 2.45) is 0 Å². The van der Waals surface area contributed by atoms with Crippen molar-refractivity contribution in [3.8, 4) is 0 Å². The molecular weight excluding hydrogens is 454 g/mol. The average Bonchev–Trinajstić information content (AvgIpc) is 3.16. The summed E-state index contributed by atoms with van der Waals surface area (Å²) in [4.78, 5) is 15.6. The monoisotopic (exact) mass is 493 g/mol. The second kappa shape index (κ2) is 11.6. The molecule has 3 fully saturated rings. The molecule has 2 saturated heterocycles. The molecule has 3 aliphatic rings. The van der Waals surface area contributed by atoms with Crippen LogP contribution in [0.15, 0.2) is 29.2 Å². The average molecular weight is 494 g/mol. The normalized spacial score (nSPS) is 22.7. The molecule has 0 bridgehead atoms. The van der Waals surface area contributed by atoms with Gasteiger partial charge in [0.2, 0.25) is 15.9 Å². The standard InChI is InChI=1S/C25H39N3O3S2/c29-24(26-21-25(13-3-4-14-25)27-17-19-32-20-18-27)12-9-22-7-10-23(11-8-22)33(30,31)28-15-5-1-2-6-16-28/h7-8,10-11H,1-6,9,12-21H2,(H,26,29). The van der Waals surface area contributed by atoms with Gasteiger partial charge in [0.25, 0.3) is 0 Å². The van der Waals surface area contributed by atoms with Crippen molar-refractivity contribution in [3.05, 3.63) is 29.8 Å². The van der Waals surface area contributed by atoms with Crippen LogP contribution in [0.2, 0.25) is 0 Å². The van der Waals surface area contributed by atoms with Gasteiger partial charge in [-0.2, -0.15) is 16.1 Å². The summed E-state index contributed by atoms with van der Waals surface area (Å²) in [6.45, 7) is 4.24. The minimum atomic E-state index is -3.42. The van der Waals surface area contributed by atoms with Crippen LogP contribution < -0.4 is 5.32 Å². The third-order valence-corrected chi connectivity index (χ3v) is 10.5. The Bertz CT molecular complexity index is 869. The molecule has 1 aromatic carbocycles. The van der Waals surface area contributed by atoms with E-state index in [1.54, 1.807) is 16.4 Å². The van der Waals surface area contributed by atoms with Gasteiger partial charge in [-0.05, 0) is 49.8 Å². The summed E-state index contributed by atoms with van der Waals surface area (Å²) in [7, 11) is -3.42. The molecule has 8 heteroatoms. The topological polar surface area (TPSA) is 69.7 Å². The smallest absolute Gasteiger partial charge is 0.243 e. The Labute approximate surface area is 203 Å². The first-order chi connectivity index (χ1) is 16.0. The number of aryl methyl sites for hydroxylation is 1. The zero-order chi connectivity index (χ0) is 23.2. The molecule has 0 unspecified atom stereocenters. The number of hydrogen-bond donors (Lipinski definition) is 1. The van der Waals surface area contributed by atoms with Crippen LogP contribution in [0.4, 0.5) is 0 Å². The predicted octanol–water partition coefficient (Wildman–Crippen LogP) is 3.66. The maximum Gasteiger partial charge on any atom is 0.243 e. The van der Waals surface area contributed by atoms with Crippen molar-refractivity contribution in [2.45, 2.75) is 74.6 Å². The fourth-order valence-corrected chi connectivity index (χ4v) is 7.96. The molecule has 33 heavy (non-hydrogen) atoms. The largest absolute Gasteiger partial charge is 0.354 e. The van der Waals surface area contributed by atoms with Crippen LogP contribution in [0.1, 0.15) is 63.4 Å². The lowest BCUT2D eigenvalue weighted by Crippen LogP contribution is -2.56. The zero-order valence-corrected chi connectivity index (χ0v) is 21.4. The maximum absolute atomic E-state index is 12.9. The van der Waals surface area contributed by atoms with E-state index in [4.69, 9.17) is 0 Å². The Hall–Kier alpha value is -1.09. The van der Waals surface area contributed by atoms with E-state index in [9.17, 15) is 13.2 Å². The molecule has 1 N–H and O–H groups in total. The van der Waals surface area contributed by atoms with E-state index in [2.05, 4.69) is 10.2 Å². The highest BCUT2D eigenvalue weighted by Crippen LogP contribution is 2.36. The minimum Gasteiger partial charge on any atom is -0.354 e. The molecule has 0 radical (unpaired) electrons. The van der Waals surface area contributed by atoms with Crippen molar-refractivity contribution >= 4 is 27.7 Å². The molecular formula is C25H39N3O3S2. The highest BCUT2D eigenvalue weighted by atomic mass is 32.2. The molecule has 1 saturated carbocycles. The number of carbonyl (C=O) groups excluding carboxylic acids is 1. The number of sulfonamides is 1. The van der Waals surface area contributed by atoms with E-state index >= 15 is 0 Å². The van der Waals surface area contributed by atoms with Crippen LogP contribution in [-0.2, 0) is 21.2 Å². The lowest BCUT2D eigenvalue weighted by molar-refractivity contribution is -0.121. The summed E-state index contributed by atoms with van der Waals surface area (Å²) in [5, 5.41) is 3.23. The first-order valence-electron chi connectivity index (χ1n) is 12.7. The minimum absolute atomic E-state index is 0.0916. The molecule has 0 atom stereocenters. The van der Waals surface area contributed by atoms with Gasteiger partial charge in [0.1, 0.15) is 0 Å². The molecule has 2 aliphatic heterocycles. The van der Waals surface area contributed by atoms with Gasteiger partial charge in [-0.15, -0.1) is 0 Å². The molecule has 0 aromatic heterocycles. The number of nitrogens with zero attached hydrogens (tertiary/aromatic N) is 2. The van der Waals surface area contributed by atoms with Gasteiger partial charge in [-0.3, -0.25) is 9.69 Å². The molecule has 2 heterocycles. The first-order valence-corrected chi connectivity index (χ1v) is 15.3. The summed E-state index contributed by atoms with van der Waals surface area (Å²) in [5.74, 6) is 2.48. The molecule has 0 spiro atoms. The second-order valence-corrected chi connectivity index (χ2v) is 12.9. The number of thioether (sulfide) groups is 1. The third-order valence-electron chi connectivity index (χ3n) is 7.60. The van der Waals surface area contributed by atoms with Gasteiger partial charge in [-0.1, -0.05) is 37.8 Å². The SMILES string of the molecule is O=C(CCc1ccc(S(=O)(=O)N2CCCCCC2)cc1)NCC1(N2CCSCC2)CCCC1. The number of rotatable bonds is 8. The summed E-state index contributed by atoms with van der Waals surface area (Å²) in [5.41, 5.74) is 1.16. The molecule has 184 valence electrons. The van der Waals surface area contributed by atoms with Crippen molar-refractivity contribution in [3.63, 3.8) is 0 Å². The molecule has 4 rings (SSSR count). The van der Waals surface area contributed by atoms with Gasteiger partial charge in [-0.25, -0.2) is 8.42 Å². The van der Waals surface area contributed by atoms with E-state index in [0.717, 1.165) is 50.9 Å². The van der Waals surface area contributed by atoms with E-state index < -0.39 is 10.0 Å². The predicted molar refractivity (Wildman–Crippen MR) is 135 cm³/mol. The van der Waals surface area contributed by atoms with Crippen molar-refractivity contribution in [2.75, 3.05) is 44.2 Å². The molecule has 6 nitrogen and oxygen atoms in total. The Morgan fingerprint density at radius 2 is 1.55 bits per heavy atom. The van der Waals surface area contributed by atoms with Crippen molar-refractivity contribution in [1.82, 2.24) is 14.5 Å². The van der Waals surface area contributed by atoms with Gasteiger partial charge in [0.15, 0.2) is 0 Å². The van der Waals surface area contributed by atoms with Crippen molar-refractivity contribution < 1.29 is 13.2 Å². The molecule has 1 amide bonds. The Balaban J connectivity index is 1.28. The number of amides is 1. The lowest BCUT2D eigenvalue weighted by atomic mass is 9.94. The Kier molecular flexibility index (Phi) is 8.76. The van der Waals surface area contributed by atoms with E-state index in [0.29, 0.717) is 30.8 Å². The lowest BCUT2D eigenvalue weighted by Gasteiger charge is -2.43. The quantitative estimate of drug-likeness (QED) is 0.599. The third kappa shape index (κ3) is 6.32. The summed E-state index contributed by atoms with van der Waals surface area (Å²) in [6.07, 6.45) is 10.0. The molecule has 1 aromatic rings. The van der Waals surface area contributed by atoms with E-state index in [-0.39, 0.29) is 11.4 Å². The van der Waals surface area contributed by atoms with E-state index in [1.807, 2.05) is 23.9 Å². The van der Waals surface area contributed by atoms with Gasteiger partial charge in [0, 0.05) is 56.2 Å². The van der Waals surface area contributed by atoms with E-state index in [1.165, 1.54) is 37.2 Å². The van der Waals surface area contributed by atoms with Gasteiger partial charge < -0.3 is 5.32 Å². The number of hydrogen-bond acceptors (Lipinski definition) is 5. The fourth-order valence-electron chi connectivity index (χ4n) is 5.54. The van der Waals surface area contributed by atoms with Crippen LogP contribution >= 0.6 is 11.8 Å². The first kappa shape index (κ1) is 25.0. The summed E-state index contributed by atoms with van der Waals surface area (Å²) < 4.78 is 27.5. The van der Waals surface area contributed by atoms with Crippen LogP contribution in [0.3, 0.4) is 0 Å². The van der Waals surface area contributed by atoms with Gasteiger partial charge >= 0.3 is 0 Å². The van der Waals surface area contributed by atoms with Crippen molar-refractivity contribution in [1.29, 1.82) is 0 Å². The summed E-state index contributed by atoms with van der Waals surface area (Å²) in [6, 6.07) is 7.13. The highest BCUT2D eigenvalue weighted by Gasteiger charge is 2.40. The van der Waals surface area contributed by atoms with Crippen LogP contribution in [0, 0.1) is 0 Å². The second-order valence-electron chi connectivity index (χ2n) is 9.77. The Morgan fingerprint density at radius 1 is 0.909 bits per heavy atom. The van der Waals surface area contributed by atoms with Crippen LogP contribution in [0.5, 0.6) is 0 Å². The van der Waals surface area contributed by atoms with Gasteiger partial charge in [0.05, 0.1) is 4.90 Å². The fraction of sp³-hybridized carbons (Fsp3) is 0.720. The maximum atomic E-state index is 12.9. The summed E-state index contributed by atoms with van der Waals surface area (Å²) >= 11 is 2.03. The Morgan fingerprint density at radius 3 is 2.18 bits per heavy atom. The number of nitrogens with one attached hydrogen (secondary N) is 1. The zero-order valence-electron chi connectivity index (χ0n) is 19.8. The van der Waals surface area contributed by atoms with Crippen LogP contribution in [0.25, 0.3) is 0 Å².